The van der Waals surface area contributed by atoms with E-state index in [4.69, 9.17) is 9.47 Å². The Balaban J connectivity index is 1.60. The average Bonchev–Trinajstić information content (AvgIpc) is 2.70. The van der Waals surface area contributed by atoms with Crippen molar-refractivity contribution in [3.63, 3.8) is 0 Å². The SMILES string of the molecule is CC(=O)N1C(C)(C)CC(OC(=O)CCCCCCCCC(=O)OC2CC(C)(C)N(C(C)=O)C(C)(C)C2)CC1(C)C. The van der Waals surface area contributed by atoms with Crippen LogP contribution in [0.15, 0.2) is 0 Å². The number of piperidine rings is 2. The Bertz CT molecular complexity index is 812. The molecule has 0 aromatic heterocycles. The number of carbonyl (C=O) groups excluding carboxylic acids is 4. The summed E-state index contributed by atoms with van der Waals surface area (Å²) in [6.07, 6.45) is 8.62. The van der Waals surface area contributed by atoms with Gasteiger partial charge in [-0.3, -0.25) is 19.2 Å². The van der Waals surface area contributed by atoms with Gasteiger partial charge in [-0.25, -0.2) is 0 Å². The lowest BCUT2D eigenvalue weighted by Gasteiger charge is -2.54. The van der Waals surface area contributed by atoms with Crippen LogP contribution in [0.3, 0.4) is 0 Å². The van der Waals surface area contributed by atoms with Crippen molar-refractivity contribution in [1.29, 1.82) is 0 Å². The molecule has 8 nitrogen and oxygen atoms in total. The van der Waals surface area contributed by atoms with Crippen LogP contribution in [0.25, 0.3) is 0 Å². The Kier molecular flexibility index (Phi) is 11.3. The van der Waals surface area contributed by atoms with Crippen molar-refractivity contribution in [2.45, 2.75) is 181 Å². The third-order valence-corrected chi connectivity index (χ3v) is 8.57. The third kappa shape index (κ3) is 9.20. The number of nitrogens with zero attached hydrogens (tertiary/aromatic N) is 2. The van der Waals surface area contributed by atoms with Crippen molar-refractivity contribution < 1.29 is 28.7 Å². The molecular weight excluding hydrogens is 508 g/mol. The molecule has 2 aliphatic heterocycles. The molecule has 0 unspecified atom stereocenters. The lowest BCUT2D eigenvalue weighted by molar-refractivity contribution is -0.168. The monoisotopic (exact) mass is 564 g/mol. The minimum absolute atomic E-state index is 0.0520. The molecule has 2 rings (SSSR count). The zero-order valence-electron chi connectivity index (χ0n) is 27.0. The summed E-state index contributed by atoms with van der Waals surface area (Å²) in [5.41, 5.74) is -1.42. The number of carbonyl (C=O) groups is 4. The molecule has 0 aliphatic carbocycles. The Morgan fingerprint density at radius 2 is 0.775 bits per heavy atom. The summed E-state index contributed by atoms with van der Waals surface area (Å²) in [7, 11) is 0. The van der Waals surface area contributed by atoms with Gasteiger partial charge in [-0.05, 0) is 68.2 Å². The number of unbranched alkanes of at least 4 members (excludes halogenated alkanes) is 5. The molecule has 8 heteroatoms. The molecule has 40 heavy (non-hydrogen) atoms. The maximum Gasteiger partial charge on any atom is 0.306 e. The van der Waals surface area contributed by atoms with Gasteiger partial charge in [0, 0.05) is 74.5 Å². The molecule has 2 amide bonds. The van der Waals surface area contributed by atoms with E-state index in [0.717, 1.165) is 38.5 Å². The summed E-state index contributed by atoms with van der Waals surface area (Å²) in [5, 5.41) is 0. The molecule has 2 fully saturated rings. The molecule has 0 radical (unpaired) electrons. The van der Waals surface area contributed by atoms with Crippen LogP contribution >= 0.6 is 0 Å². The summed E-state index contributed by atoms with van der Waals surface area (Å²) >= 11 is 0. The first-order valence-corrected chi connectivity index (χ1v) is 15.3. The van der Waals surface area contributed by atoms with Crippen molar-refractivity contribution in [2.24, 2.45) is 0 Å². The molecule has 0 N–H and O–H groups in total. The number of rotatable bonds is 11. The first-order valence-electron chi connectivity index (χ1n) is 15.3. The van der Waals surface area contributed by atoms with E-state index in [0.29, 0.717) is 38.5 Å². The summed E-state index contributed by atoms with van der Waals surface area (Å²) in [4.78, 5) is 53.2. The van der Waals surface area contributed by atoms with Crippen LogP contribution in [0, 0.1) is 0 Å². The number of likely N-dealkylation sites (tertiary alicyclic amines) is 2. The van der Waals surface area contributed by atoms with E-state index in [2.05, 4.69) is 0 Å². The molecule has 2 aliphatic rings. The predicted molar refractivity (Wildman–Crippen MR) is 157 cm³/mol. The number of amides is 2. The highest BCUT2D eigenvalue weighted by Crippen LogP contribution is 2.41. The smallest absolute Gasteiger partial charge is 0.306 e. The lowest BCUT2D eigenvalue weighted by Crippen LogP contribution is -2.63. The fraction of sp³-hybridized carbons (Fsp3) is 0.875. The van der Waals surface area contributed by atoms with Gasteiger partial charge in [-0.2, -0.15) is 0 Å². The summed E-state index contributed by atoms with van der Waals surface area (Å²) < 4.78 is 11.6. The van der Waals surface area contributed by atoms with Gasteiger partial charge < -0.3 is 19.3 Å². The molecule has 2 saturated heterocycles. The van der Waals surface area contributed by atoms with E-state index in [-0.39, 0.29) is 58.1 Å². The quantitative estimate of drug-likeness (QED) is 0.215. The minimum atomic E-state index is -0.356. The van der Waals surface area contributed by atoms with Gasteiger partial charge in [0.1, 0.15) is 12.2 Å². The molecule has 2 heterocycles. The van der Waals surface area contributed by atoms with E-state index in [1.807, 2.05) is 65.2 Å². The van der Waals surface area contributed by atoms with Gasteiger partial charge in [-0.15, -0.1) is 0 Å². The van der Waals surface area contributed by atoms with E-state index in [1.54, 1.807) is 13.8 Å². The average molecular weight is 565 g/mol. The Morgan fingerprint density at radius 3 is 1.02 bits per heavy atom. The molecule has 0 saturated carbocycles. The van der Waals surface area contributed by atoms with Crippen LogP contribution in [0.2, 0.25) is 0 Å². The highest BCUT2D eigenvalue weighted by molar-refractivity contribution is 5.76. The number of hydrogen-bond acceptors (Lipinski definition) is 6. The number of ether oxygens (including phenoxy) is 2. The van der Waals surface area contributed by atoms with Crippen molar-refractivity contribution in [1.82, 2.24) is 9.80 Å². The van der Waals surface area contributed by atoms with Gasteiger partial charge in [0.25, 0.3) is 0 Å². The second-order valence-electron chi connectivity index (χ2n) is 14.6. The Hall–Kier alpha value is -2.12. The van der Waals surface area contributed by atoms with Crippen LogP contribution in [0.4, 0.5) is 0 Å². The zero-order valence-corrected chi connectivity index (χ0v) is 27.0. The summed E-state index contributed by atoms with van der Waals surface area (Å²) in [6, 6.07) is 0. The number of hydrogen-bond donors (Lipinski definition) is 0. The van der Waals surface area contributed by atoms with Gasteiger partial charge in [-0.1, -0.05) is 25.7 Å². The highest BCUT2D eigenvalue weighted by atomic mass is 16.5. The van der Waals surface area contributed by atoms with E-state index in [1.165, 1.54) is 0 Å². The van der Waals surface area contributed by atoms with Gasteiger partial charge in [0.05, 0.1) is 0 Å². The standard InChI is InChI=1S/C32H56N2O6/c1-23(35)33-29(3,4)19-25(20-30(33,5)6)39-27(37)17-15-13-11-12-14-16-18-28(38)40-26-21-31(7,8)34(24(2)36)32(9,10)22-26/h25-26H,11-22H2,1-10H3. The topological polar surface area (TPSA) is 93.2 Å². The Morgan fingerprint density at radius 1 is 0.525 bits per heavy atom. The van der Waals surface area contributed by atoms with Gasteiger partial charge in [0.15, 0.2) is 0 Å². The zero-order chi connectivity index (χ0) is 30.5. The molecular formula is C32H56N2O6. The minimum Gasteiger partial charge on any atom is -0.462 e. The molecule has 0 aromatic carbocycles. The third-order valence-electron chi connectivity index (χ3n) is 8.57. The van der Waals surface area contributed by atoms with E-state index < -0.39 is 0 Å². The predicted octanol–water partition coefficient (Wildman–Crippen LogP) is 6.33. The molecule has 0 aromatic rings. The van der Waals surface area contributed by atoms with Crippen molar-refractivity contribution in [3.05, 3.63) is 0 Å². The molecule has 0 spiro atoms. The Labute approximate surface area is 242 Å². The maximum atomic E-state index is 12.5. The van der Waals surface area contributed by atoms with Gasteiger partial charge in [0.2, 0.25) is 11.8 Å². The first kappa shape index (κ1) is 34.1. The fourth-order valence-corrected chi connectivity index (χ4v) is 7.98. The van der Waals surface area contributed by atoms with Crippen molar-refractivity contribution in [3.8, 4) is 0 Å². The summed E-state index contributed by atoms with van der Waals surface area (Å²) in [6.45, 7) is 19.5. The first-order chi connectivity index (χ1) is 18.3. The second kappa shape index (κ2) is 13.2. The van der Waals surface area contributed by atoms with Crippen LogP contribution in [0.5, 0.6) is 0 Å². The van der Waals surface area contributed by atoms with Gasteiger partial charge >= 0.3 is 11.9 Å². The number of esters is 2. The largest absolute Gasteiger partial charge is 0.462 e. The second-order valence-corrected chi connectivity index (χ2v) is 14.6. The maximum absolute atomic E-state index is 12.5. The van der Waals surface area contributed by atoms with E-state index >= 15 is 0 Å². The molecule has 230 valence electrons. The van der Waals surface area contributed by atoms with Crippen molar-refractivity contribution in [2.75, 3.05) is 0 Å². The molecule has 0 atom stereocenters. The molecule has 0 bridgehead atoms. The van der Waals surface area contributed by atoms with E-state index in [9.17, 15) is 19.2 Å². The lowest BCUT2D eigenvalue weighted by atomic mass is 9.78. The summed E-state index contributed by atoms with van der Waals surface area (Å²) in [5.74, 6) is -0.209. The normalized spacial score (nSPS) is 22.1. The van der Waals surface area contributed by atoms with Crippen LogP contribution < -0.4 is 0 Å². The highest BCUT2D eigenvalue weighted by Gasteiger charge is 2.49. The fourth-order valence-electron chi connectivity index (χ4n) is 7.98. The van der Waals surface area contributed by atoms with Crippen molar-refractivity contribution >= 4 is 23.8 Å². The van der Waals surface area contributed by atoms with Crippen LogP contribution in [-0.4, -0.2) is 67.9 Å². The van der Waals surface area contributed by atoms with Crippen LogP contribution in [-0.2, 0) is 28.7 Å². The van der Waals surface area contributed by atoms with Crippen LogP contribution in [0.1, 0.15) is 146 Å².